The number of carboxylic acid groups (broad SMARTS) is 1. The van der Waals surface area contributed by atoms with Crippen LogP contribution >= 0.6 is 0 Å². The van der Waals surface area contributed by atoms with Gasteiger partial charge < -0.3 is 15.7 Å². The molecule has 0 radical (unpaired) electrons. The average Bonchev–Trinajstić information content (AvgIpc) is 3.04. The number of nitrogens with zero attached hydrogens (tertiary/aromatic N) is 2. The number of carbonyl (C=O) groups is 2. The maximum Gasteiger partial charge on any atom is 0.335 e. The first-order valence-electron chi connectivity index (χ1n) is 12.1. The summed E-state index contributed by atoms with van der Waals surface area (Å²) in [7, 11) is 0. The molecule has 180 valence electrons. The van der Waals surface area contributed by atoms with Gasteiger partial charge in [0, 0.05) is 11.3 Å². The summed E-state index contributed by atoms with van der Waals surface area (Å²) < 4.78 is 0. The van der Waals surface area contributed by atoms with Gasteiger partial charge in [-0.1, -0.05) is 32.9 Å². The molecule has 0 bridgehead atoms. The van der Waals surface area contributed by atoms with Crippen LogP contribution < -0.4 is 5.73 Å². The third kappa shape index (κ3) is 4.33. The molecule has 1 aliphatic carbocycles. The Morgan fingerprint density at radius 1 is 1.15 bits per heavy atom. The minimum absolute atomic E-state index is 0.0889. The van der Waals surface area contributed by atoms with Crippen LogP contribution in [0.4, 0.5) is 5.69 Å². The van der Waals surface area contributed by atoms with Crippen molar-refractivity contribution in [1.82, 2.24) is 4.90 Å². The second-order valence-corrected chi connectivity index (χ2v) is 11.0. The van der Waals surface area contributed by atoms with Crippen LogP contribution in [0.5, 0.6) is 0 Å². The van der Waals surface area contributed by atoms with Crippen molar-refractivity contribution in [3.63, 3.8) is 0 Å². The Hall–Kier alpha value is -3.15. The number of carboxylic acids is 1. The van der Waals surface area contributed by atoms with Crippen molar-refractivity contribution in [2.45, 2.75) is 72.0 Å². The molecule has 1 atom stereocenters. The number of nitrogen functional groups attached to an aromatic ring is 1. The SMILES string of the molecule is Cc1cc(N)cc(C2=NC3(CCC(C(C)(C)C)CC3)N(C(C)c3ccc(C(=O)O)cc3)C2=O)c1. The first kappa shape index (κ1) is 24.0. The van der Waals surface area contributed by atoms with Gasteiger partial charge in [0.1, 0.15) is 11.4 Å². The number of nitrogens with two attached hydrogens (primary N) is 1. The van der Waals surface area contributed by atoms with Crippen molar-refractivity contribution in [3.05, 3.63) is 64.7 Å². The minimum atomic E-state index is -0.962. The van der Waals surface area contributed by atoms with Crippen LogP contribution in [0.3, 0.4) is 0 Å². The lowest BCUT2D eigenvalue weighted by atomic mass is 9.69. The number of anilines is 1. The third-order valence-electron chi connectivity index (χ3n) is 7.60. The zero-order chi connectivity index (χ0) is 24.8. The highest BCUT2D eigenvalue weighted by molar-refractivity contribution is 6.47. The monoisotopic (exact) mass is 461 g/mol. The Bertz CT molecular complexity index is 1120. The number of carbonyl (C=O) groups excluding carboxylic acids is 1. The van der Waals surface area contributed by atoms with Crippen LogP contribution in [-0.2, 0) is 4.79 Å². The van der Waals surface area contributed by atoms with Crippen molar-refractivity contribution in [2.75, 3.05) is 5.73 Å². The van der Waals surface area contributed by atoms with Crippen molar-refractivity contribution < 1.29 is 14.7 Å². The second kappa shape index (κ2) is 8.57. The first-order chi connectivity index (χ1) is 15.9. The number of aryl methyl sites for hydroxylation is 1. The van der Waals surface area contributed by atoms with Gasteiger partial charge in [0.15, 0.2) is 0 Å². The van der Waals surface area contributed by atoms with E-state index in [2.05, 4.69) is 20.8 Å². The standard InChI is InChI=1S/C28H35N3O3/c1-17-14-21(16-23(29)15-17)24-25(32)31(18(2)19-6-8-20(9-7-19)26(33)34)28(30-24)12-10-22(11-13-28)27(3,4)5/h6-9,14-16,18,22H,10-13,29H2,1-5H3,(H,33,34). The maximum atomic E-state index is 13.9. The van der Waals surface area contributed by atoms with E-state index in [0.29, 0.717) is 17.3 Å². The molecule has 0 saturated heterocycles. The summed E-state index contributed by atoms with van der Waals surface area (Å²) in [5, 5.41) is 9.27. The maximum absolute atomic E-state index is 13.9. The summed E-state index contributed by atoms with van der Waals surface area (Å²) in [4.78, 5) is 32.3. The van der Waals surface area contributed by atoms with E-state index < -0.39 is 11.6 Å². The molecule has 4 rings (SSSR count). The highest BCUT2D eigenvalue weighted by Crippen LogP contribution is 2.49. The predicted octanol–water partition coefficient (Wildman–Crippen LogP) is 5.60. The van der Waals surface area contributed by atoms with Gasteiger partial charge in [-0.3, -0.25) is 9.79 Å². The van der Waals surface area contributed by atoms with Gasteiger partial charge >= 0.3 is 5.97 Å². The number of hydrogen-bond acceptors (Lipinski definition) is 4. The fourth-order valence-corrected chi connectivity index (χ4v) is 5.64. The van der Waals surface area contributed by atoms with E-state index >= 15 is 0 Å². The molecule has 3 N–H and O–H groups in total. The smallest absolute Gasteiger partial charge is 0.335 e. The summed E-state index contributed by atoms with van der Waals surface area (Å²) in [5.74, 6) is -0.473. The molecule has 0 aromatic heterocycles. The van der Waals surface area contributed by atoms with E-state index in [1.165, 1.54) is 0 Å². The lowest BCUT2D eigenvalue weighted by molar-refractivity contribution is -0.132. The Morgan fingerprint density at radius 2 is 1.76 bits per heavy atom. The summed E-state index contributed by atoms with van der Waals surface area (Å²) in [6.45, 7) is 10.8. The number of aliphatic imine (C=N–C) groups is 1. The fraction of sp³-hybridized carbons (Fsp3) is 0.464. The van der Waals surface area contributed by atoms with Crippen molar-refractivity contribution in [3.8, 4) is 0 Å². The van der Waals surface area contributed by atoms with Crippen LogP contribution in [0.25, 0.3) is 0 Å². The van der Waals surface area contributed by atoms with Crippen LogP contribution in [-0.4, -0.2) is 33.3 Å². The summed E-state index contributed by atoms with van der Waals surface area (Å²) in [5.41, 5.74) is 9.69. The zero-order valence-electron chi connectivity index (χ0n) is 20.8. The molecular weight excluding hydrogens is 426 g/mol. The topological polar surface area (TPSA) is 96.0 Å². The second-order valence-electron chi connectivity index (χ2n) is 11.0. The Balaban J connectivity index is 1.74. The number of hydrogen-bond donors (Lipinski definition) is 2. The molecule has 6 heteroatoms. The van der Waals surface area contributed by atoms with Crippen molar-refractivity contribution >= 4 is 23.3 Å². The van der Waals surface area contributed by atoms with Gasteiger partial charge in [-0.2, -0.15) is 0 Å². The lowest BCUT2D eigenvalue weighted by Crippen LogP contribution is -2.50. The van der Waals surface area contributed by atoms with E-state index in [4.69, 9.17) is 10.7 Å². The Kier molecular flexibility index (Phi) is 6.05. The van der Waals surface area contributed by atoms with E-state index in [-0.39, 0.29) is 22.9 Å². The minimum Gasteiger partial charge on any atom is -0.478 e. The first-order valence-corrected chi connectivity index (χ1v) is 12.1. The molecule has 1 saturated carbocycles. The fourth-order valence-electron chi connectivity index (χ4n) is 5.64. The largest absolute Gasteiger partial charge is 0.478 e. The number of benzene rings is 2. The molecule has 1 heterocycles. The normalized spacial score (nSPS) is 23.8. The highest BCUT2D eigenvalue weighted by Gasteiger charge is 2.51. The number of rotatable bonds is 4. The molecule has 6 nitrogen and oxygen atoms in total. The van der Waals surface area contributed by atoms with E-state index in [9.17, 15) is 14.7 Å². The molecule has 2 aromatic rings. The van der Waals surface area contributed by atoms with Gasteiger partial charge in [0.25, 0.3) is 5.91 Å². The molecule has 1 spiro atoms. The van der Waals surface area contributed by atoms with Crippen LogP contribution in [0, 0.1) is 18.3 Å². The summed E-state index contributed by atoms with van der Waals surface area (Å²) in [6.07, 6.45) is 3.63. The van der Waals surface area contributed by atoms with Crippen LogP contribution in [0.1, 0.15) is 86.5 Å². The van der Waals surface area contributed by atoms with Crippen molar-refractivity contribution in [2.24, 2.45) is 16.3 Å². The molecule has 2 aromatic carbocycles. The Morgan fingerprint density at radius 3 is 2.29 bits per heavy atom. The third-order valence-corrected chi connectivity index (χ3v) is 7.60. The van der Waals surface area contributed by atoms with Gasteiger partial charge in [0.05, 0.1) is 11.6 Å². The lowest BCUT2D eigenvalue weighted by Gasteiger charge is -2.46. The van der Waals surface area contributed by atoms with Gasteiger partial charge in [0.2, 0.25) is 0 Å². The van der Waals surface area contributed by atoms with E-state index in [1.807, 2.05) is 36.9 Å². The predicted molar refractivity (Wildman–Crippen MR) is 135 cm³/mol. The number of aromatic carboxylic acids is 1. The van der Waals surface area contributed by atoms with Gasteiger partial charge in [-0.15, -0.1) is 0 Å². The number of amides is 1. The van der Waals surface area contributed by atoms with Crippen LogP contribution in [0.15, 0.2) is 47.5 Å². The molecule has 1 aliphatic heterocycles. The van der Waals surface area contributed by atoms with Gasteiger partial charge in [-0.05, 0) is 92.3 Å². The molecule has 2 aliphatic rings. The molecule has 1 unspecified atom stereocenters. The van der Waals surface area contributed by atoms with E-state index in [1.54, 1.807) is 24.3 Å². The molecule has 1 fully saturated rings. The van der Waals surface area contributed by atoms with Gasteiger partial charge in [-0.25, -0.2) is 4.79 Å². The average molecular weight is 462 g/mol. The van der Waals surface area contributed by atoms with Crippen molar-refractivity contribution in [1.29, 1.82) is 0 Å². The van der Waals surface area contributed by atoms with Crippen LogP contribution in [0.2, 0.25) is 0 Å². The quantitative estimate of drug-likeness (QED) is 0.579. The highest BCUT2D eigenvalue weighted by atomic mass is 16.4. The molecule has 1 amide bonds. The molecule has 34 heavy (non-hydrogen) atoms. The van der Waals surface area contributed by atoms with E-state index in [0.717, 1.165) is 42.4 Å². The summed E-state index contributed by atoms with van der Waals surface area (Å²) >= 11 is 0. The Labute approximate surface area is 201 Å². The molecular formula is C28H35N3O3. The summed E-state index contributed by atoms with van der Waals surface area (Å²) in [6, 6.07) is 12.2. The zero-order valence-corrected chi connectivity index (χ0v) is 20.8.